The number of hydrogen-bond donors (Lipinski definition) is 0. The van der Waals surface area contributed by atoms with E-state index in [9.17, 15) is 18.0 Å². The van der Waals surface area contributed by atoms with Crippen molar-refractivity contribution in [1.82, 2.24) is 19.7 Å². The Morgan fingerprint density at radius 3 is 2.63 bits per heavy atom. The fraction of sp³-hybridized carbons (Fsp3) is 0.211. The van der Waals surface area contributed by atoms with Gasteiger partial charge in [0, 0.05) is 13.2 Å². The molecule has 2 aromatic heterocycles. The molecule has 0 saturated heterocycles. The summed E-state index contributed by atoms with van der Waals surface area (Å²) in [6.45, 7) is 1.96. The van der Waals surface area contributed by atoms with Crippen molar-refractivity contribution in [3.63, 3.8) is 0 Å². The topological polar surface area (TPSA) is 51.0 Å². The Balaban J connectivity index is 1.86. The number of halogens is 3. The molecule has 3 aromatic rings. The zero-order valence-corrected chi connectivity index (χ0v) is 14.7. The highest BCUT2D eigenvalue weighted by Crippen LogP contribution is 2.30. The number of amides is 1. The molecule has 0 bridgehead atoms. The van der Waals surface area contributed by atoms with Gasteiger partial charge in [-0.2, -0.15) is 18.3 Å². The van der Waals surface area contributed by atoms with E-state index in [-0.39, 0.29) is 11.6 Å². The van der Waals surface area contributed by atoms with Gasteiger partial charge in [-0.1, -0.05) is 12.1 Å². The molecule has 0 radical (unpaired) electrons. The van der Waals surface area contributed by atoms with Crippen LogP contribution in [0.5, 0.6) is 0 Å². The molecule has 0 saturated carbocycles. The Bertz CT molecular complexity index is 951. The van der Waals surface area contributed by atoms with Crippen LogP contribution in [0.3, 0.4) is 0 Å². The highest BCUT2D eigenvalue weighted by molar-refractivity contribution is 5.95. The minimum atomic E-state index is -4.45. The van der Waals surface area contributed by atoms with Crippen LogP contribution in [0.2, 0.25) is 0 Å². The first-order valence-electron chi connectivity index (χ1n) is 8.15. The third kappa shape index (κ3) is 3.99. The van der Waals surface area contributed by atoms with Gasteiger partial charge in [-0.25, -0.2) is 4.68 Å². The fourth-order valence-electron chi connectivity index (χ4n) is 2.71. The third-order valence-corrected chi connectivity index (χ3v) is 4.13. The summed E-state index contributed by atoms with van der Waals surface area (Å²) in [6, 6.07) is 10.3. The largest absolute Gasteiger partial charge is 0.416 e. The van der Waals surface area contributed by atoms with Crippen LogP contribution in [0, 0.1) is 6.92 Å². The predicted molar refractivity (Wildman–Crippen MR) is 93.3 cm³/mol. The molecule has 0 fully saturated rings. The SMILES string of the molecule is Cc1c(C(=O)N(C)Cc2ccccn2)cnn1-c1cccc(C(F)(F)F)c1. The second kappa shape index (κ2) is 7.22. The summed E-state index contributed by atoms with van der Waals surface area (Å²) in [7, 11) is 1.64. The third-order valence-electron chi connectivity index (χ3n) is 4.13. The molecule has 8 heteroatoms. The van der Waals surface area contributed by atoms with Crippen LogP contribution in [-0.4, -0.2) is 32.6 Å². The maximum atomic E-state index is 12.9. The van der Waals surface area contributed by atoms with Crippen LogP contribution in [0.1, 0.15) is 27.3 Å². The molecule has 1 aromatic carbocycles. The molecule has 0 aliphatic heterocycles. The number of nitrogens with zero attached hydrogens (tertiary/aromatic N) is 4. The molecule has 1 amide bonds. The maximum absolute atomic E-state index is 12.9. The standard InChI is InChI=1S/C19H17F3N4O/c1-13-17(18(27)25(2)12-15-7-3-4-9-23-15)11-24-26(13)16-8-5-6-14(10-16)19(20,21)22/h3-11H,12H2,1-2H3. The number of hydrogen-bond acceptors (Lipinski definition) is 3. The van der Waals surface area contributed by atoms with Gasteiger partial charge in [0.15, 0.2) is 0 Å². The van der Waals surface area contributed by atoms with Crippen molar-refractivity contribution in [2.45, 2.75) is 19.6 Å². The molecular weight excluding hydrogens is 357 g/mol. The van der Waals surface area contributed by atoms with Crippen LogP contribution in [0.15, 0.2) is 54.9 Å². The minimum absolute atomic E-state index is 0.244. The first-order chi connectivity index (χ1) is 12.8. The smallest absolute Gasteiger partial charge is 0.336 e. The first-order valence-corrected chi connectivity index (χ1v) is 8.15. The van der Waals surface area contributed by atoms with E-state index in [4.69, 9.17) is 0 Å². The molecule has 0 unspecified atom stereocenters. The van der Waals surface area contributed by atoms with Crippen LogP contribution in [0.25, 0.3) is 5.69 Å². The van der Waals surface area contributed by atoms with Crippen LogP contribution >= 0.6 is 0 Å². The lowest BCUT2D eigenvalue weighted by Crippen LogP contribution is -2.27. The van der Waals surface area contributed by atoms with E-state index < -0.39 is 11.7 Å². The van der Waals surface area contributed by atoms with Crippen molar-refractivity contribution in [1.29, 1.82) is 0 Å². The van der Waals surface area contributed by atoms with Crippen LogP contribution in [-0.2, 0) is 12.7 Å². The van der Waals surface area contributed by atoms with Gasteiger partial charge in [0.25, 0.3) is 5.91 Å². The van der Waals surface area contributed by atoms with Gasteiger partial charge in [-0.3, -0.25) is 9.78 Å². The average molecular weight is 374 g/mol. The van der Waals surface area contributed by atoms with Gasteiger partial charge in [-0.15, -0.1) is 0 Å². The number of carbonyl (C=O) groups is 1. The number of rotatable bonds is 4. The second-order valence-electron chi connectivity index (χ2n) is 6.09. The Morgan fingerprint density at radius 2 is 1.96 bits per heavy atom. The van der Waals surface area contributed by atoms with Gasteiger partial charge in [0.1, 0.15) is 0 Å². The molecule has 140 valence electrons. The van der Waals surface area contributed by atoms with Crippen molar-refractivity contribution in [2.75, 3.05) is 7.05 Å². The minimum Gasteiger partial charge on any atom is -0.336 e. The highest BCUT2D eigenvalue weighted by Gasteiger charge is 2.30. The summed E-state index contributed by atoms with van der Waals surface area (Å²) in [6.07, 6.45) is -1.43. The molecule has 0 N–H and O–H groups in total. The first kappa shape index (κ1) is 18.6. The summed E-state index contributed by atoms with van der Waals surface area (Å²) in [4.78, 5) is 18.4. The Hall–Kier alpha value is -3.16. The quantitative estimate of drug-likeness (QED) is 0.697. The Labute approximate surface area is 154 Å². The van der Waals surface area contributed by atoms with Gasteiger partial charge < -0.3 is 4.90 Å². The van der Waals surface area contributed by atoms with Crippen LogP contribution in [0.4, 0.5) is 13.2 Å². The van der Waals surface area contributed by atoms with Crippen molar-refractivity contribution in [3.05, 3.63) is 77.4 Å². The highest BCUT2D eigenvalue weighted by atomic mass is 19.4. The average Bonchev–Trinajstić information content (AvgIpc) is 3.02. The number of aromatic nitrogens is 3. The summed E-state index contributed by atoms with van der Waals surface area (Å²) in [5, 5.41) is 4.11. The second-order valence-corrected chi connectivity index (χ2v) is 6.09. The molecule has 0 aliphatic carbocycles. The predicted octanol–water partition coefficient (Wildman–Crippen LogP) is 3.87. The number of carbonyl (C=O) groups excluding carboxylic acids is 1. The number of benzene rings is 1. The zero-order valence-electron chi connectivity index (χ0n) is 14.7. The van der Waals surface area contributed by atoms with Gasteiger partial charge in [-0.05, 0) is 37.3 Å². The van der Waals surface area contributed by atoms with E-state index in [1.54, 1.807) is 26.2 Å². The maximum Gasteiger partial charge on any atom is 0.416 e. The van der Waals surface area contributed by atoms with E-state index in [1.165, 1.54) is 27.9 Å². The Morgan fingerprint density at radius 1 is 1.19 bits per heavy atom. The van der Waals surface area contributed by atoms with Crippen molar-refractivity contribution < 1.29 is 18.0 Å². The van der Waals surface area contributed by atoms with Crippen molar-refractivity contribution >= 4 is 5.91 Å². The molecule has 2 heterocycles. The lowest BCUT2D eigenvalue weighted by molar-refractivity contribution is -0.137. The number of alkyl halides is 3. The van der Waals surface area contributed by atoms with E-state index in [1.807, 2.05) is 12.1 Å². The number of pyridine rings is 1. The molecular formula is C19H17F3N4O. The molecule has 5 nitrogen and oxygen atoms in total. The van der Waals surface area contributed by atoms with E-state index in [0.29, 0.717) is 17.8 Å². The zero-order chi connectivity index (χ0) is 19.6. The Kier molecular flexibility index (Phi) is 4.98. The lowest BCUT2D eigenvalue weighted by Gasteiger charge is -2.16. The van der Waals surface area contributed by atoms with Crippen molar-refractivity contribution in [3.8, 4) is 5.69 Å². The molecule has 0 spiro atoms. The van der Waals surface area contributed by atoms with Gasteiger partial charge >= 0.3 is 6.18 Å². The summed E-state index contributed by atoms with van der Waals surface area (Å²) in [5.74, 6) is -0.281. The summed E-state index contributed by atoms with van der Waals surface area (Å²) in [5.41, 5.74) is 0.998. The summed E-state index contributed by atoms with van der Waals surface area (Å²) >= 11 is 0. The monoisotopic (exact) mass is 374 g/mol. The molecule has 0 atom stereocenters. The van der Waals surface area contributed by atoms with Crippen LogP contribution < -0.4 is 0 Å². The normalized spacial score (nSPS) is 11.4. The van der Waals surface area contributed by atoms with Gasteiger partial charge in [0.05, 0.1) is 40.9 Å². The molecule has 27 heavy (non-hydrogen) atoms. The van der Waals surface area contributed by atoms with E-state index in [0.717, 1.165) is 17.8 Å². The fourth-order valence-corrected chi connectivity index (χ4v) is 2.71. The van der Waals surface area contributed by atoms with Crippen molar-refractivity contribution in [2.24, 2.45) is 0 Å². The molecule has 0 aliphatic rings. The summed E-state index contributed by atoms with van der Waals surface area (Å²) < 4.78 is 40.1. The van der Waals surface area contributed by atoms with Gasteiger partial charge in [0.2, 0.25) is 0 Å². The van der Waals surface area contributed by atoms with E-state index >= 15 is 0 Å². The lowest BCUT2D eigenvalue weighted by atomic mass is 10.2. The van der Waals surface area contributed by atoms with E-state index in [2.05, 4.69) is 10.1 Å². The molecule has 3 rings (SSSR count).